The Balaban J connectivity index is 1.74. The van der Waals surface area contributed by atoms with Crippen molar-refractivity contribution in [1.29, 1.82) is 0 Å². The van der Waals surface area contributed by atoms with Crippen LogP contribution in [-0.2, 0) is 20.7 Å². The van der Waals surface area contributed by atoms with Crippen molar-refractivity contribution in [1.82, 2.24) is 4.90 Å². The highest BCUT2D eigenvalue weighted by molar-refractivity contribution is 6.46. The number of benzene rings is 1. The van der Waals surface area contributed by atoms with E-state index in [1.807, 2.05) is 19.9 Å². The molecule has 2 aliphatic rings. The van der Waals surface area contributed by atoms with Gasteiger partial charge in [0, 0.05) is 12.1 Å². The normalized spacial score (nSPS) is 20.5. The second-order valence-electron chi connectivity index (χ2n) is 7.70. The third kappa shape index (κ3) is 3.73. The van der Waals surface area contributed by atoms with Gasteiger partial charge < -0.3 is 23.9 Å². The molecule has 2 aliphatic heterocycles. The first-order valence-electron chi connectivity index (χ1n) is 10.2. The van der Waals surface area contributed by atoms with Crippen LogP contribution in [-0.4, -0.2) is 47.6 Å². The molecule has 0 aliphatic carbocycles. The molecular formula is C23H25NO6. The van der Waals surface area contributed by atoms with Crippen LogP contribution >= 0.6 is 0 Å². The lowest BCUT2D eigenvalue weighted by atomic mass is 9.96. The Morgan fingerprint density at radius 3 is 2.87 bits per heavy atom. The molecule has 1 unspecified atom stereocenters. The first-order valence-corrected chi connectivity index (χ1v) is 10.2. The first-order chi connectivity index (χ1) is 14.5. The Morgan fingerprint density at radius 1 is 1.30 bits per heavy atom. The van der Waals surface area contributed by atoms with E-state index in [1.54, 1.807) is 24.3 Å². The quantitative estimate of drug-likeness (QED) is 0.445. The average molecular weight is 411 g/mol. The topological polar surface area (TPSA) is 89.2 Å². The number of ether oxygens (including phenoxy) is 2. The Bertz CT molecular complexity index is 976. The van der Waals surface area contributed by atoms with Crippen LogP contribution in [0.3, 0.4) is 0 Å². The molecule has 1 amide bonds. The molecule has 7 nitrogen and oxygen atoms in total. The summed E-state index contributed by atoms with van der Waals surface area (Å²) in [7, 11) is 0. The minimum Gasteiger partial charge on any atom is -0.507 e. The van der Waals surface area contributed by atoms with Crippen LogP contribution in [0.2, 0.25) is 0 Å². The van der Waals surface area contributed by atoms with Gasteiger partial charge in [-0.3, -0.25) is 9.59 Å². The maximum Gasteiger partial charge on any atom is 0.295 e. The molecule has 158 valence electrons. The molecule has 0 bridgehead atoms. The van der Waals surface area contributed by atoms with Crippen LogP contribution in [0.15, 0.2) is 46.6 Å². The summed E-state index contributed by atoms with van der Waals surface area (Å²) in [6.07, 6.45) is 3.21. The number of rotatable bonds is 6. The van der Waals surface area contributed by atoms with Gasteiger partial charge in [0.05, 0.1) is 31.2 Å². The van der Waals surface area contributed by atoms with Crippen molar-refractivity contribution >= 4 is 17.4 Å². The van der Waals surface area contributed by atoms with Gasteiger partial charge in [-0.25, -0.2) is 0 Å². The number of amides is 1. The highest BCUT2D eigenvalue weighted by Crippen LogP contribution is 2.40. The fourth-order valence-corrected chi connectivity index (χ4v) is 3.90. The largest absolute Gasteiger partial charge is 0.507 e. The predicted octanol–water partition coefficient (Wildman–Crippen LogP) is 3.45. The monoisotopic (exact) mass is 411 g/mol. The molecule has 1 atom stereocenters. The molecule has 1 N–H and O–H groups in total. The average Bonchev–Trinajstić information content (AvgIpc) is 3.35. The summed E-state index contributed by atoms with van der Waals surface area (Å²) in [5.41, 5.74) is 1.47. The fourth-order valence-electron chi connectivity index (χ4n) is 3.90. The van der Waals surface area contributed by atoms with Crippen molar-refractivity contribution < 1.29 is 28.6 Å². The van der Waals surface area contributed by atoms with E-state index in [-0.39, 0.29) is 30.6 Å². The summed E-state index contributed by atoms with van der Waals surface area (Å²) in [4.78, 5) is 27.1. The van der Waals surface area contributed by atoms with Crippen molar-refractivity contribution in [3.63, 3.8) is 0 Å². The zero-order valence-corrected chi connectivity index (χ0v) is 17.1. The van der Waals surface area contributed by atoms with Crippen LogP contribution in [0, 0.1) is 0 Å². The molecule has 1 aromatic carbocycles. The number of hydrogen-bond donors (Lipinski definition) is 1. The number of likely N-dealkylation sites (tertiary alicyclic amines) is 1. The van der Waals surface area contributed by atoms with E-state index < -0.39 is 17.7 Å². The number of nitrogens with zero attached hydrogens (tertiary/aromatic N) is 1. The zero-order chi connectivity index (χ0) is 21.3. The van der Waals surface area contributed by atoms with Gasteiger partial charge in [0.1, 0.15) is 23.3 Å². The lowest BCUT2D eigenvalue weighted by molar-refractivity contribution is -0.140. The van der Waals surface area contributed by atoms with E-state index in [4.69, 9.17) is 13.9 Å². The molecule has 1 aromatic heterocycles. The third-order valence-electron chi connectivity index (χ3n) is 5.32. The van der Waals surface area contributed by atoms with Gasteiger partial charge in [0.2, 0.25) is 0 Å². The standard InChI is InChI=1S/C23H25NO6/c1-14(2)28-12-9-24-20(18-6-4-11-30-18)19(22(26)23(24)27)21(25)16-7-8-17-15(13-16)5-3-10-29-17/h4,6-8,11,13-14,20,25H,3,5,9-10,12H2,1-2H3/b21-19-. The van der Waals surface area contributed by atoms with E-state index in [1.165, 1.54) is 11.2 Å². The van der Waals surface area contributed by atoms with Gasteiger partial charge in [0.15, 0.2) is 0 Å². The molecule has 0 radical (unpaired) electrons. The first kappa shape index (κ1) is 20.2. The summed E-state index contributed by atoms with van der Waals surface area (Å²) >= 11 is 0. The summed E-state index contributed by atoms with van der Waals surface area (Å²) in [5, 5.41) is 11.1. The molecule has 2 aromatic rings. The van der Waals surface area contributed by atoms with Crippen molar-refractivity contribution in [3.8, 4) is 5.75 Å². The zero-order valence-electron chi connectivity index (χ0n) is 17.1. The number of carbonyl (C=O) groups excluding carboxylic acids is 2. The van der Waals surface area contributed by atoms with Crippen molar-refractivity contribution in [2.24, 2.45) is 0 Å². The number of fused-ring (bicyclic) bond motifs is 1. The van der Waals surface area contributed by atoms with Gasteiger partial charge >= 0.3 is 0 Å². The van der Waals surface area contributed by atoms with Crippen LogP contribution in [0.5, 0.6) is 5.75 Å². The lowest BCUT2D eigenvalue weighted by Gasteiger charge is -2.23. The smallest absolute Gasteiger partial charge is 0.295 e. The molecule has 1 fully saturated rings. The van der Waals surface area contributed by atoms with Crippen LogP contribution in [0.25, 0.3) is 5.76 Å². The van der Waals surface area contributed by atoms with E-state index >= 15 is 0 Å². The van der Waals surface area contributed by atoms with E-state index in [9.17, 15) is 14.7 Å². The SMILES string of the molecule is CC(C)OCCN1C(=O)C(=O)/C(=C(\O)c2ccc3c(c2)CCCO3)C1c1ccco1. The number of hydrogen-bond acceptors (Lipinski definition) is 6. The third-order valence-corrected chi connectivity index (χ3v) is 5.32. The summed E-state index contributed by atoms with van der Waals surface area (Å²) in [6, 6.07) is 7.89. The highest BCUT2D eigenvalue weighted by atomic mass is 16.5. The van der Waals surface area contributed by atoms with Gasteiger partial charge in [-0.05, 0) is 62.6 Å². The second-order valence-corrected chi connectivity index (χ2v) is 7.70. The minimum atomic E-state index is -0.803. The maximum absolute atomic E-state index is 12.9. The number of ketones is 1. The maximum atomic E-state index is 12.9. The van der Waals surface area contributed by atoms with Crippen molar-refractivity contribution in [2.45, 2.75) is 38.8 Å². The van der Waals surface area contributed by atoms with E-state index in [0.29, 0.717) is 17.9 Å². The molecule has 4 rings (SSSR count). The molecular weight excluding hydrogens is 386 g/mol. The Hall–Kier alpha value is -3.06. The number of furan rings is 1. The molecule has 7 heteroatoms. The number of aliphatic hydroxyl groups is 1. The molecule has 3 heterocycles. The Labute approximate surface area is 174 Å². The molecule has 30 heavy (non-hydrogen) atoms. The lowest BCUT2D eigenvalue weighted by Crippen LogP contribution is -2.33. The van der Waals surface area contributed by atoms with Crippen molar-refractivity contribution in [2.75, 3.05) is 19.8 Å². The Morgan fingerprint density at radius 2 is 2.13 bits per heavy atom. The van der Waals surface area contributed by atoms with Crippen molar-refractivity contribution in [3.05, 3.63) is 59.1 Å². The second kappa shape index (κ2) is 8.36. The van der Waals surface area contributed by atoms with Crippen LogP contribution < -0.4 is 4.74 Å². The highest BCUT2D eigenvalue weighted by Gasteiger charge is 2.47. The van der Waals surface area contributed by atoms with Gasteiger partial charge in [0.25, 0.3) is 11.7 Å². The van der Waals surface area contributed by atoms with Crippen LogP contribution in [0.1, 0.15) is 43.2 Å². The molecule has 0 saturated carbocycles. The summed E-state index contributed by atoms with van der Waals surface area (Å²) in [6.45, 7) is 4.96. The molecule has 1 saturated heterocycles. The number of carbonyl (C=O) groups is 2. The molecule has 0 spiro atoms. The van der Waals surface area contributed by atoms with Gasteiger partial charge in [-0.1, -0.05) is 0 Å². The number of aryl methyl sites for hydroxylation is 1. The Kier molecular flexibility index (Phi) is 5.63. The number of aliphatic hydroxyl groups excluding tert-OH is 1. The number of Topliss-reactive ketones (excluding diaryl/α,β-unsaturated/α-hetero) is 1. The van der Waals surface area contributed by atoms with E-state index in [0.717, 1.165) is 24.2 Å². The fraction of sp³-hybridized carbons (Fsp3) is 0.391. The predicted molar refractivity (Wildman–Crippen MR) is 109 cm³/mol. The minimum absolute atomic E-state index is 0.00148. The summed E-state index contributed by atoms with van der Waals surface area (Å²) in [5.74, 6) is -0.414. The van der Waals surface area contributed by atoms with Crippen LogP contribution in [0.4, 0.5) is 0 Å². The van der Waals surface area contributed by atoms with E-state index in [2.05, 4.69) is 0 Å². The summed E-state index contributed by atoms with van der Waals surface area (Å²) < 4.78 is 16.7. The van der Waals surface area contributed by atoms with Gasteiger partial charge in [-0.15, -0.1) is 0 Å². The van der Waals surface area contributed by atoms with Gasteiger partial charge in [-0.2, -0.15) is 0 Å².